The van der Waals surface area contributed by atoms with Crippen molar-refractivity contribution >= 4 is 59.8 Å². The number of aromatic nitrogens is 3. The first kappa shape index (κ1) is 46.2. The third kappa shape index (κ3) is 9.69. The second kappa shape index (κ2) is 16.7. The Bertz CT molecular complexity index is 2750. The average molecular weight is 946 g/mol. The Kier molecular flexibility index (Phi) is 12.2. The Labute approximate surface area is 363 Å². The van der Waals surface area contributed by atoms with Crippen molar-refractivity contribution in [2.24, 2.45) is 7.05 Å². The van der Waals surface area contributed by atoms with Crippen LogP contribution in [0.4, 0.5) is 36.6 Å². The second-order valence-corrected chi connectivity index (χ2v) is 22.0. The summed E-state index contributed by atoms with van der Waals surface area (Å²) in [5.41, 5.74) is -2.98. The number of hydrogen-bond donors (Lipinski definition) is 4. The minimum atomic E-state index is -5.25. The Hall–Kier alpha value is -4.76. The van der Waals surface area contributed by atoms with Crippen LogP contribution in [0, 0.1) is 17.0 Å². The van der Waals surface area contributed by atoms with Gasteiger partial charge in [0.15, 0.2) is 15.7 Å². The molecule has 340 valence electrons. The molecule has 0 radical (unpaired) electrons. The molecule has 0 bridgehead atoms. The molecule has 2 heterocycles. The monoisotopic (exact) mass is 945 g/mol. The molecule has 12 nitrogen and oxygen atoms in total. The highest BCUT2D eigenvalue weighted by atomic mass is 35.5. The topological polar surface area (TPSA) is 176 Å². The van der Waals surface area contributed by atoms with Crippen LogP contribution in [0.2, 0.25) is 5.02 Å². The minimum absolute atomic E-state index is 0.00470. The lowest BCUT2D eigenvalue weighted by atomic mass is 9.93. The average Bonchev–Trinajstić information content (AvgIpc) is 4.11. The second-order valence-electron chi connectivity index (χ2n) is 16.8. The van der Waals surface area contributed by atoms with Crippen molar-refractivity contribution in [3.05, 3.63) is 87.3 Å². The van der Waals surface area contributed by atoms with Gasteiger partial charge in [0.2, 0.25) is 15.9 Å². The maximum Gasteiger partial charge on any atom is 0.433 e. The van der Waals surface area contributed by atoms with Crippen molar-refractivity contribution in [3.63, 3.8) is 0 Å². The SMILES string of the molecule is Cn1nc(NS(=O)(=O)C2CC2)c2c(Cl)ccc(-c3ccc(CCC(C)(C)S(=O)(=O)C4CC4)nc3[C@H](Cc3cc(F)cc(F)c3)NC(=O)CNC3=C(C(=N)C(F)(F)F)CCC3(F)F)c21. The molecular formula is C41H43ClF7N7O5S2. The standard InChI is InChI=1S/C41H43ClF7N7O5S2/c1-39(2,62(58,59)25-5-6-25)14-12-24-4-9-27(28-10-11-30(42)33-35(28)56(3)54-38(33)55-63(60,61)26-7-8-26)34(52-24)31(18-21-16-22(43)19-23(44)17-21)53-32(57)20-51-37-29(13-15-40(37,45)46)36(50)41(47,48)49/h4,9-11,16-17,19,25-26,31,50-51H,5-8,12-15,18,20H2,1-3H3,(H,53,57)(H,54,55)/t31-/m0/s1. The molecule has 2 fully saturated rings. The number of aryl methyl sites for hydroxylation is 2. The first-order chi connectivity index (χ1) is 29.3. The summed E-state index contributed by atoms with van der Waals surface area (Å²) >= 11 is 6.68. The Balaban J connectivity index is 1.33. The van der Waals surface area contributed by atoms with E-state index in [0.29, 0.717) is 48.5 Å². The quantitative estimate of drug-likeness (QED) is 0.0608. The molecule has 1 atom stereocenters. The number of alkyl halides is 5. The maximum atomic E-state index is 14.9. The molecule has 0 saturated heterocycles. The number of sulfonamides is 1. The van der Waals surface area contributed by atoms with Crippen LogP contribution in [0.5, 0.6) is 0 Å². The number of anilines is 1. The number of amides is 1. The molecule has 0 spiro atoms. The van der Waals surface area contributed by atoms with E-state index in [1.165, 1.54) is 17.8 Å². The fourth-order valence-electron chi connectivity index (χ4n) is 7.82. The van der Waals surface area contributed by atoms with Crippen molar-refractivity contribution in [2.75, 3.05) is 11.3 Å². The van der Waals surface area contributed by atoms with Gasteiger partial charge in [-0.05, 0) is 95.0 Å². The Morgan fingerprint density at radius 2 is 1.62 bits per heavy atom. The van der Waals surface area contributed by atoms with E-state index in [1.807, 2.05) is 0 Å². The van der Waals surface area contributed by atoms with Crippen molar-refractivity contribution in [2.45, 2.75) is 105 Å². The summed E-state index contributed by atoms with van der Waals surface area (Å²) in [6, 6.07) is 7.51. The van der Waals surface area contributed by atoms with Crippen LogP contribution in [0.15, 0.2) is 53.7 Å². The Morgan fingerprint density at radius 1 is 0.984 bits per heavy atom. The molecule has 3 aliphatic carbocycles. The summed E-state index contributed by atoms with van der Waals surface area (Å²) in [5.74, 6) is -6.90. The highest BCUT2D eigenvalue weighted by Gasteiger charge is 2.49. The van der Waals surface area contributed by atoms with Crippen molar-refractivity contribution < 1.29 is 52.4 Å². The summed E-state index contributed by atoms with van der Waals surface area (Å²) in [6.07, 6.45) is -5.23. The number of pyridine rings is 1. The number of carbonyl (C=O) groups excluding carboxylic acids is 1. The third-order valence-corrected chi connectivity index (χ3v) is 16.8. The molecule has 2 aromatic heterocycles. The number of halogens is 8. The molecule has 1 amide bonds. The lowest BCUT2D eigenvalue weighted by molar-refractivity contribution is -0.121. The van der Waals surface area contributed by atoms with E-state index in [-0.39, 0.29) is 52.3 Å². The molecule has 0 unspecified atom stereocenters. The van der Waals surface area contributed by atoms with Gasteiger partial charge in [-0.15, -0.1) is 0 Å². The minimum Gasteiger partial charge on any atom is -0.374 e. The van der Waals surface area contributed by atoms with E-state index in [4.69, 9.17) is 22.0 Å². The van der Waals surface area contributed by atoms with Crippen LogP contribution in [0.25, 0.3) is 22.0 Å². The third-order valence-electron chi connectivity index (χ3n) is 11.5. The predicted molar refractivity (Wildman–Crippen MR) is 223 cm³/mol. The molecule has 4 aromatic rings. The van der Waals surface area contributed by atoms with Gasteiger partial charge in [0.1, 0.15) is 17.3 Å². The first-order valence-electron chi connectivity index (χ1n) is 20.0. The van der Waals surface area contributed by atoms with Crippen molar-refractivity contribution in [1.82, 2.24) is 25.4 Å². The van der Waals surface area contributed by atoms with Gasteiger partial charge in [-0.3, -0.25) is 24.6 Å². The number of benzene rings is 2. The zero-order chi connectivity index (χ0) is 46.0. The lowest BCUT2D eigenvalue weighted by Gasteiger charge is -2.26. The molecule has 2 aromatic carbocycles. The highest BCUT2D eigenvalue weighted by Crippen LogP contribution is 2.43. The molecule has 4 N–H and O–H groups in total. The summed E-state index contributed by atoms with van der Waals surface area (Å²) in [6.45, 7) is 2.20. The van der Waals surface area contributed by atoms with E-state index < -0.39 is 107 Å². The molecule has 2 saturated carbocycles. The van der Waals surface area contributed by atoms with E-state index in [2.05, 4.69) is 20.5 Å². The zero-order valence-electron chi connectivity index (χ0n) is 34.1. The van der Waals surface area contributed by atoms with E-state index in [9.17, 15) is 52.4 Å². The summed E-state index contributed by atoms with van der Waals surface area (Å²) in [4.78, 5) is 18.7. The molecule has 63 heavy (non-hydrogen) atoms. The Morgan fingerprint density at radius 3 is 2.24 bits per heavy atom. The van der Waals surface area contributed by atoms with Gasteiger partial charge < -0.3 is 10.6 Å². The van der Waals surface area contributed by atoms with Crippen LogP contribution in [-0.4, -0.2) is 77.1 Å². The predicted octanol–water partition coefficient (Wildman–Crippen LogP) is 8.01. The number of carbonyl (C=O) groups is 1. The van der Waals surface area contributed by atoms with Crippen LogP contribution in [0.1, 0.15) is 81.8 Å². The number of allylic oxidation sites excluding steroid dienone is 2. The van der Waals surface area contributed by atoms with Crippen LogP contribution < -0.4 is 15.4 Å². The smallest absolute Gasteiger partial charge is 0.374 e. The van der Waals surface area contributed by atoms with Crippen molar-refractivity contribution in [3.8, 4) is 11.1 Å². The normalized spacial score (nSPS) is 17.6. The van der Waals surface area contributed by atoms with Gasteiger partial charge in [-0.25, -0.2) is 25.6 Å². The highest BCUT2D eigenvalue weighted by molar-refractivity contribution is 7.93. The number of nitrogens with zero attached hydrogens (tertiary/aromatic N) is 3. The largest absolute Gasteiger partial charge is 0.433 e. The molecule has 22 heteroatoms. The van der Waals surface area contributed by atoms with Gasteiger partial charge in [-0.1, -0.05) is 23.7 Å². The summed E-state index contributed by atoms with van der Waals surface area (Å²) < 4.78 is 155. The lowest BCUT2D eigenvalue weighted by Crippen LogP contribution is -2.40. The van der Waals surface area contributed by atoms with Gasteiger partial charge in [0.05, 0.1) is 55.2 Å². The molecule has 0 aliphatic heterocycles. The van der Waals surface area contributed by atoms with Gasteiger partial charge in [0, 0.05) is 41.9 Å². The van der Waals surface area contributed by atoms with Crippen LogP contribution in [0.3, 0.4) is 0 Å². The number of rotatable bonds is 17. The number of hydrogen-bond acceptors (Lipinski definition) is 9. The summed E-state index contributed by atoms with van der Waals surface area (Å²) in [5, 5.41) is 15.9. The number of nitrogens with one attached hydrogen (secondary N) is 4. The van der Waals surface area contributed by atoms with Crippen LogP contribution in [-0.2, 0) is 44.5 Å². The molecule has 3 aliphatic rings. The number of sulfone groups is 1. The maximum absolute atomic E-state index is 14.9. The van der Waals surface area contributed by atoms with Crippen molar-refractivity contribution in [1.29, 1.82) is 5.41 Å². The fraction of sp³-hybridized carbons (Fsp3) is 0.463. The summed E-state index contributed by atoms with van der Waals surface area (Å²) in [7, 11) is -5.83. The van der Waals surface area contributed by atoms with Gasteiger partial charge >= 0.3 is 6.18 Å². The van der Waals surface area contributed by atoms with Gasteiger partial charge in [-0.2, -0.15) is 27.1 Å². The number of fused-ring (bicyclic) bond motifs is 1. The fourth-order valence-corrected chi connectivity index (χ4v) is 11.4. The van der Waals surface area contributed by atoms with E-state index in [0.717, 1.165) is 12.1 Å². The molecular weight excluding hydrogens is 903 g/mol. The van der Waals surface area contributed by atoms with E-state index >= 15 is 0 Å². The van der Waals surface area contributed by atoms with E-state index in [1.54, 1.807) is 32.0 Å². The van der Waals surface area contributed by atoms with Gasteiger partial charge in [0.25, 0.3) is 5.92 Å². The molecule has 7 rings (SSSR count). The zero-order valence-corrected chi connectivity index (χ0v) is 36.5. The first-order valence-corrected chi connectivity index (χ1v) is 23.4. The van der Waals surface area contributed by atoms with Crippen LogP contribution >= 0.6 is 11.6 Å².